The number of nitrogens with one attached hydrogen (secondary N) is 1. The summed E-state index contributed by atoms with van der Waals surface area (Å²) in [5.74, 6) is -3.60. The molecule has 0 spiro atoms. The first-order valence-corrected chi connectivity index (χ1v) is 25.2. The van der Waals surface area contributed by atoms with Crippen LogP contribution in [-0.2, 0) is 34.6 Å². The first-order valence-electron chi connectivity index (χ1n) is 22.5. The molecule has 2 aromatic carbocycles. The number of nitrogens with zero attached hydrogens (tertiary/aromatic N) is 3. The topological polar surface area (TPSA) is 166 Å². The summed E-state index contributed by atoms with van der Waals surface area (Å²) >= 11 is 1.44. The first kappa shape index (κ1) is 46.0. The van der Waals surface area contributed by atoms with Gasteiger partial charge in [0.05, 0.1) is 61.2 Å². The Bertz CT molecular complexity index is 2390. The fourth-order valence-electron chi connectivity index (χ4n) is 9.72. The summed E-state index contributed by atoms with van der Waals surface area (Å²) in [4.78, 5) is 66.2. The van der Waals surface area contributed by atoms with Crippen LogP contribution in [0.25, 0.3) is 22.3 Å². The third kappa shape index (κ3) is 10.1. The molecule has 0 bridgehead atoms. The number of halogens is 2. The lowest BCUT2D eigenvalue weighted by atomic mass is 9.99. The van der Waals surface area contributed by atoms with E-state index in [1.54, 1.807) is 25.3 Å². The minimum Gasteiger partial charge on any atom is -0.497 e. The van der Waals surface area contributed by atoms with E-state index in [0.717, 1.165) is 49.4 Å². The van der Waals surface area contributed by atoms with Crippen molar-refractivity contribution >= 4 is 52.4 Å². The highest BCUT2D eigenvalue weighted by Gasteiger charge is 2.66. The normalized spacial score (nSPS) is 25.6. The summed E-state index contributed by atoms with van der Waals surface area (Å²) < 4.78 is 68.7. The number of methoxy groups -OCH3 is 1. The van der Waals surface area contributed by atoms with Gasteiger partial charge in [-0.15, -0.1) is 11.3 Å². The summed E-state index contributed by atoms with van der Waals surface area (Å²) in [5, 5.41) is 5.17. The standard InChI is InChI=1S/C47H57F2N4O9PS/c1-28(2)50-46-52-40(27-64-46)39-21-43(34-16-15-32(59-3)19-38(34)51-39)61-33-20-41-42(54)23-47(63(57,58)26-35-36(48)13-9-14-37(35)49)22-30(47)10-5-4-8-17-60-25-29(45(56)53(41)24-33)18-44(55)62-31-11-6-7-12-31/h9,13-16,19,21,27-31,33,41H,4-8,10-12,17-18,20,22-26H2,1-3H3,(H,50,52)(H,57,58)/t29-,30-,33+,41-,47+/m0/s1. The van der Waals surface area contributed by atoms with Crippen molar-refractivity contribution < 1.29 is 51.6 Å². The van der Waals surface area contributed by atoms with Crippen molar-refractivity contribution in [2.75, 3.05) is 32.2 Å². The molecule has 2 saturated carbocycles. The van der Waals surface area contributed by atoms with E-state index in [1.165, 1.54) is 22.3 Å². The Morgan fingerprint density at radius 2 is 1.80 bits per heavy atom. The van der Waals surface area contributed by atoms with Crippen LogP contribution in [0.3, 0.4) is 0 Å². The van der Waals surface area contributed by atoms with Gasteiger partial charge >= 0.3 is 5.97 Å². The molecule has 2 aliphatic heterocycles. The van der Waals surface area contributed by atoms with E-state index < -0.39 is 71.6 Å². The van der Waals surface area contributed by atoms with Crippen LogP contribution < -0.4 is 14.8 Å². The number of aromatic nitrogens is 2. The second kappa shape index (κ2) is 19.5. The van der Waals surface area contributed by atoms with Crippen molar-refractivity contribution in [2.45, 2.75) is 127 Å². The van der Waals surface area contributed by atoms with Gasteiger partial charge in [-0.25, -0.2) is 18.7 Å². The number of Topliss-reactive ketones (excluding diaryl/α,β-unsaturated/α-hetero) is 1. The van der Waals surface area contributed by atoms with E-state index in [0.29, 0.717) is 59.7 Å². The zero-order valence-electron chi connectivity index (χ0n) is 36.6. The fourth-order valence-corrected chi connectivity index (χ4v) is 13.2. The van der Waals surface area contributed by atoms with Crippen LogP contribution in [0.2, 0.25) is 0 Å². The van der Waals surface area contributed by atoms with Gasteiger partial charge in [0.2, 0.25) is 13.3 Å². The Hall–Kier alpha value is -4.50. The molecule has 8 rings (SSSR count). The molecule has 4 aromatic rings. The molecule has 17 heteroatoms. The minimum absolute atomic E-state index is 0.0362. The second-order valence-corrected chi connectivity index (χ2v) is 21.6. The van der Waals surface area contributed by atoms with E-state index in [9.17, 15) is 32.6 Å². The molecule has 2 aromatic heterocycles. The average molecular weight is 923 g/mol. The van der Waals surface area contributed by atoms with Crippen molar-refractivity contribution in [3.63, 3.8) is 0 Å². The molecule has 2 saturated heterocycles. The number of amides is 1. The van der Waals surface area contributed by atoms with Gasteiger partial charge in [-0.1, -0.05) is 18.9 Å². The number of pyridine rings is 1. The lowest BCUT2D eigenvalue weighted by Gasteiger charge is -2.30. The highest BCUT2D eigenvalue weighted by Crippen LogP contribution is 2.75. The van der Waals surface area contributed by atoms with Gasteiger partial charge in [-0.2, -0.15) is 0 Å². The van der Waals surface area contributed by atoms with Crippen LogP contribution in [0, 0.1) is 23.5 Å². The maximum absolute atomic E-state index is 15.0. The van der Waals surface area contributed by atoms with Gasteiger partial charge in [-0.05, 0) is 89.0 Å². The number of ether oxygens (including phenoxy) is 4. The van der Waals surface area contributed by atoms with Crippen LogP contribution >= 0.6 is 18.7 Å². The van der Waals surface area contributed by atoms with Crippen molar-refractivity contribution in [1.82, 2.24) is 14.9 Å². The molecule has 344 valence electrons. The molecule has 2 N–H and O–H groups in total. The van der Waals surface area contributed by atoms with Crippen molar-refractivity contribution in [1.29, 1.82) is 0 Å². The average Bonchev–Trinajstić information content (AvgIpc) is 3.67. The number of rotatable bonds is 12. The summed E-state index contributed by atoms with van der Waals surface area (Å²) in [6.45, 7) is 4.27. The molecular formula is C47H57F2N4O9PS. The molecule has 0 radical (unpaired) electrons. The number of benzene rings is 2. The van der Waals surface area contributed by atoms with E-state index in [4.69, 9.17) is 28.9 Å². The lowest BCUT2D eigenvalue weighted by molar-refractivity contribution is -0.155. The van der Waals surface area contributed by atoms with Gasteiger partial charge in [0.1, 0.15) is 41.0 Å². The van der Waals surface area contributed by atoms with Crippen LogP contribution in [0.5, 0.6) is 11.5 Å². The third-order valence-corrected chi connectivity index (χ3v) is 16.8. The maximum Gasteiger partial charge on any atom is 0.306 e. The zero-order valence-corrected chi connectivity index (χ0v) is 38.3. The van der Waals surface area contributed by atoms with Gasteiger partial charge in [-0.3, -0.25) is 18.9 Å². The summed E-state index contributed by atoms with van der Waals surface area (Å²) in [6.07, 6.45) is 4.01. The molecule has 4 aliphatic rings. The zero-order chi connectivity index (χ0) is 45.2. The predicted molar refractivity (Wildman–Crippen MR) is 239 cm³/mol. The fraction of sp³-hybridized carbons (Fsp3) is 0.553. The largest absolute Gasteiger partial charge is 0.497 e. The van der Waals surface area contributed by atoms with E-state index in [1.807, 2.05) is 25.3 Å². The lowest BCUT2D eigenvalue weighted by Crippen LogP contribution is -2.46. The van der Waals surface area contributed by atoms with Crippen molar-refractivity contribution in [3.05, 3.63) is 65.0 Å². The molecule has 64 heavy (non-hydrogen) atoms. The number of esters is 1. The monoisotopic (exact) mass is 922 g/mol. The highest BCUT2D eigenvalue weighted by atomic mass is 32.1. The van der Waals surface area contributed by atoms with E-state index >= 15 is 0 Å². The number of hydrogen-bond donors (Lipinski definition) is 2. The van der Waals surface area contributed by atoms with Gasteiger partial charge < -0.3 is 34.1 Å². The Morgan fingerprint density at radius 3 is 2.55 bits per heavy atom. The Labute approximate surface area is 376 Å². The maximum atomic E-state index is 15.0. The Kier molecular flexibility index (Phi) is 14.1. The van der Waals surface area contributed by atoms with Crippen LogP contribution in [0.4, 0.5) is 13.9 Å². The predicted octanol–water partition coefficient (Wildman–Crippen LogP) is 9.08. The smallest absolute Gasteiger partial charge is 0.306 e. The quantitative estimate of drug-likeness (QED) is 0.102. The van der Waals surface area contributed by atoms with Crippen LogP contribution in [0.1, 0.15) is 96.5 Å². The molecular weight excluding hydrogens is 866 g/mol. The molecule has 1 unspecified atom stereocenters. The molecule has 2 aliphatic carbocycles. The summed E-state index contributed by atoms with van der Waals surface area (Å²) in [7, 11) is -2.88. The van der Waals surface area contributed by atoms with Gasteiger partial charge in [0.15, 0.2) is 10.9 Å². The molecule has 4 heterocycles. The summed E-state index contributed by atoms with van der Waals surface area (Å²) in [5.41, 5.74) is 1.24. The van der Waals surface area contributed by atoms with E-state index in [2.05, 4.69) is 5.32 Å². The minimum atomic E-state index is -4.44. The van der Waals surface area contributed by atoms with Gasteiger partial charge in [0, 0.05) is 54.0 Å². The number of fused-ring (bicyclic) bond motifs is 3. The van der Waals surface area contributed by atoms with Crippen molar-refractivity contribution in [2.24, 2.45) is 11.8 Å². The Morgan fingerprint density at radius 1 is 1.03 bits per heavy atom. The molecule has 6 atom stereocenters. The second-order valence-electron chi connectivity index (χ2n) is 18.1. The number of ketones is 1. The van der Waals surface area contributed by atoms with Crippen LogP contribution in [0.15, 0.2) is 47.8 Å². The van der Waals surface area contributed by atoms with Gasteiger partial charge in [0.25, 0.3) is 0 Å². The molecule has 13 nitrogen and oxygen atoms in total. The molecule has 1 amide bonds. The Balaban J connectivity index is 1.13. The SMILES string of the molecule is COc1ccc2c(O[C@@H]3C[C@H]4C(=O)C[C@]5(P(=O)(O)Cc6c(F)cccc6F)C[C@@H]5CCCCCOC[C@H](CC(=O)OC5CCCC5)C(=O)N4C3)cc(-c3csc(NC(C)C)n3)nc2c1. The van der Waals surface area contributed by atoms with Crippen LogP contribution in [-0.4, -0.2) is 93.7 Å². The highest BCUT2D eigenvalue weighted by molar-refractivity contribution is 7.59. The number of thiazole rings is 1. The number of carbonyl (C=O) groups is 3. The van der Waals surface area contributed by atoms with Crippen molar-refractivity contribution in [3.8, 4) is 22.9 Å². The summed E-state index contributed by atoms with van der Waals surface area (Å²) in [6, 6.07) is 9.55. The molecule has 4 fully saturated rings. The van der Waals surface area contributed by atoms with E-state index in [-0.39, 0.29) is 56.9 Å². The number of carbonyl (C=O) groups excluding carboxylic acids is 3. The first-order chi connectivity index (χ1) is 30.7. The number of hydrogen-bond acceptors (Lipinski definition) is 12. The number of anilines is 1. The third-order valence-electron chi connectivity index (χ3n) is 13.2.